The van der Waals surface area contributed by atoms with E-state index < -0.39 is 0 Å². The summed E-state index contributed by atoms with van der Waals surface area (Å²) in [6.07, 6.45) is 5.03. The number of rotatable bonds is 6. The molecular formula is C18H19BrN6O2S. The number of nitrogens with zero attached hydrogens (tertiary/aromatic N) is 3. The minimum Gasteiger partial charge on any atom is -0.454 e. The summed E-state index contributed by atoms with van der Waals surface area (Å²) in [5.74, 6) is 2.10. The van der Waals surface area contributed by atoms with Gasteiger partial charge in [0.2, 0.25) is 6.79 Å². The zero-order valence-corrected chi connectivity index (χ0v) is 17.3. The highest BCUT2D eigenvalue weighted by molar-refractivity contribution is 9.10. The van der Waals surface area contributed by atoms with Crippen molar-refractivity contribution in [3.8, 4) is 11.5 Å². The molecule has 3 heterocycles. The molecule has 1 saturated carbocycles. The summed E-state index contributed by atoms with van der Waals surface area (Å²) in [7, 11) is 0. The van der Waals surface area contributed by atoms with Gasteiger partial charge in [0.25, 0.3) is 0 Å². The second-order valence-electron chi connectivity index (χ2n) is 7.06. The molecule has 10 heteroatoms. The number of fused-ring (bicyclic) bond motifs is 2. The van der Waals surface area contributed by atoms with Gasteiger partial charge in [0.05, 0.1) is 6.33 Å². The molecule has 2 aliphatic rings. The van der Waals surface area contributed by atoms with Crippen LogP contribution in [-0.4, -0.2) is 32.4 Å². The van der Waals surface area contributed by atoms with Crippen molar-refractivity contribution in [1.29, 1.82) is 5.41 Å². The number of ether oxygens (including phenoxy) is 2. The Morgan fingerprint density at radius 1 is 1.36 bits per heavy atom. The van der Waals surface area contributed by atoms with E-state index in [0.717, 1.165) is 33.7 Å². The first-order valence-electron chi connectivity index (χ1n) is 9.11. The molecule has 5 rings (SSSR count). The maximum absolute atomic E-state index is 8.12. The maximum Gasteiger partial charge on any atom is 0.231 e. The first kappa shape index (κ1) is 18.0. The fraction of sp³-hybridized carbons (Fsp3) is 0.389. The molecule has 1 atom stereocenters. The van der Waals surface area contributed by atoms with Gasteiger partial charge in [-0.05, 0) is 53.2 Å². The lowest BCUT2D eigenvalue weighted by Gasteiger charge is -2.12. The molecule has 1 unspecified atom stereocenters. The molecule has 3 aromatic rings. The van der Waals surface area contributed by atoms with Gasteiger partial charge in [-0.1, -0.05) is 11.8 Å². The molecule has 2 aromatic heterocycles. The van der Waals surface area contributed by atoms with Crippen LogP contribution in [0.2, 0.25) is 0 Å². The smallest absolute Gasteiger partial charge is 0.231 e. The topological polar surface area (TPSA) is 115 Å². The molecule has 0 amide bonds. The molecule has 1 aliphatic carbocycles. The normalized spacial score (nSPS) is 16.6. The number of halogens is 1. The molecule has 1 aliphatic heterocycles. The van der Waals surface area contributed by atoms with Crippen LogP contribution in [0.25, 0.3) is 11.2 Å². The van der Waals surface area contributed by atoms with Crippen LogP contribution in [0.5, 0.6) is 11.5 Å². The Labute approximate surface area is 173 Å². The Hall–Kier alpha value is -2.04. The number of aryl methyl sites for hydroxylation is 1. The van der Waals surface area contributed by atoms with E-state index in [0.29, 0.717) is 22.3 Å². The third kappa shape index (κ3) is 3.40. The molecule has 8 nitrogen and oxygen atoms in total. The number of hydrogen-bond acceptors (Lipinski definition) is 7. The van der Waals surface area contributed by atoms with Gasteiger partial charge in [-0.15, -0.1) is 0 Å². The van der Waals surface area contributed by atoms with Gasteiger partial charge >= 0.3 is 0 Å². The van der Waals surface area contributed by atoms with E-state index in [1.54, 1.807) is 6.33 Å². The summed E-state index contributed by atoms with van der Waals surface area (Å²) in [6, 6.07) is 4.03. The first-order chi connectivity index (χ1) is 13.6. The van der Waals surface area contributed by atoms with E-state index in [-0.39, 0.29) is 18.3 Å². The van der Waals surface area contributed by atoms with Crippen LogP contribution < -0.4 is 20.7 Å². The molecular weight excluding hydrogens is 444 g/mol. The first-order valence-corrected chi connectivity index (χ1v) is 10.7. The van der Waals surface area contributed by atoms with Crippen LogP contribution in [0.3, 0.4) is 0 Å². The number of nitrogens with two attached hydrogens (primary N) is 1. The molecule has 1 fully saturated rings. The molecule has 0 bridgehead atoms. The number of nitrogens with one attached hydrogen (secondary N) is 2. The largest absolute Gasteiger partial charge is 0.454 e. The highest BCUT2D eigenvalue weighted by atomic mass is 79.9. The van der Waals surface area contributed by atoms with Crippen LogP contribution in [0.4, 0.5) is 0 Å². The van der Waals surface area contributed by atoms with E-state index in [2.05, 4.69) is 25.9 Å². The van der Waals surface area contributed by atoms with E-state index in [1.165, 1.54) is 24.6 Å². The van der Waals surface area contributed by atoms with E-state index in [9.17, 15) is 0 Å². The standard InChI is InChI=1S/C18H19BrN6O2S/c19-10-5-12-13(27-8-26-12)6-14(10)28-18-23-15-16(21)22-7-25(17(15)24-18)4-3-11(20)9-1-2-9/h5-7,9,11,21H,1-4,8,20H2,(H,23,24). The molecule has 0 spiro atoms. The number of benzene rings is 1. The average molecular weight is 463 g/mol. The zero-order chi connectivity index (χ0) is 19.3. The predicted octanol–water partition coefficient (Wildman–Crippen LogP) is 3.01. The summed E-state index contributed by atoms with van der Waals surface area (Å²) < 4.78 is 13.7. The van der Waals surface area contributed by atoms with Crippen LogP contribution in [-0.2, 0) is 6.54 Å². The second-order valence-corrected chi connectivity index (χ2v) is 8.94. The Kier molecular flexibility index (Phi) is 4.56. The second kappa shape index (κ2) is 7.09. The van der Waals surface area contributed by atoms with Gasteiger partial charge in [0.15, 0.2) is 27.8 Å². The van der Waals surface area contributed by atoms with Crippen molar-refractivity contribution in [2.45, 2.75) is 41.9 Å². The molecule has 146 valence electrons. The Bertz CT molecular complexity index is 1110. The van der Waals surface area contributed by atoms with Gasteiger partial charge in [-0.2, -0.15) is 0 Å². The lowest BCUT2D eigenvalue weighted by atomic mass is 10.1. The van der Waals surface area contributed by atoms with Crippen molar-refractivity contribution in [1.82, 2.24) is 19.5 Å². The quantitative estimate of drug-likeness (QED) is 0.518. The molecule has 28 heavy (non-hydrogen) atoms. The van der Waals surface area contributed by atoms with Crippen molar-refractivity contribution in [3.63, 3.8) is 0 Å². The monoisotopic (exact) mass is 462 g/mol. The summed E-state index contributed by atoms with van der Waals surface area (Å²) >= 11 is 5.04. The predicted molar refractivity (Wildman–Crippen MR) is 107 cm³/mol. The van der Waals surface area contributed by atoms with Crippen molar-refractivity contribution in [3.05, 3.63) is 28.4 Å². The van der Waals surface area contributed by atoms with Crippen molar-refractivity contribution < 1.29 is 9.47 Å². The fourth-order valence-electron chi connectivity index (χ4n) is 3.30. The number of H-pyrrole nitrogens is 1. The molecule has 1 aromatic carbocycles. The van der Waals surface area contributed by atoms with E-state index in [4.69, 9.17) is 25.6 Å². The molecule has 0 saturated heterocycles. The lowest BCUT2D eigenvalue weighted by molar-refractivity contribution is 0.174. The fourth-order valence-corrected chi connectivity index (χ4v) is 4.68. The van der Waals surface area contributed by atoms with Gasteiger partial charge in [-0.3, -0.25) is 5.41 Å². The van der Waals surface area contributed by atoms with Crippen molar-refractivity contribution in [2.24, 2.45) is 11.7 Å². The van der Waals surface area contributed by atoms with E-state index in [1.807, 2.05) is 16.7 Å². The van der Waals surface area contributed by atoms with E-state index >= 15 is 0 Å². The number of hydrogen-bond donors (Lipinski definition) is 3. The van der Waals surface area contributed by atoms with Crippen LogP contribution in [0, 0.1) is 11.3 Å². The highest BCUT2D eigenvalue weighted by Crippen LogP contribution is 2.42. The third-order valence-electron chi connectivity index (χ3n) is 5.06. The number of imidazole rings is 1. The average Bonchev–Trinajstić information content (AvgIpc) is 3.29. The van der Waals surface area contributed by atoms with Gasteiger partial charge < -0.3 is 24.8 Å². The Balaban J connectivity index is 1.43. The minimum absolute atomic E-state index is 0.182. The Morgan fingerprint density at radius 2 is 2.14 bits per heavy atom. The number of aromatic nitrogens is 4. The molecule has 4 N–H and O–H groups in total. The van der Waals surface area contributed by atoms with Gasteiger partial charge in [0, 0.05) is 22.0 Å². The van der Waals surface area contributed by atoms with Crippen LogP contribution in [0.15, 0.2) is 33.0 Å². The van der Waals surface area contributed by atoms with Crippen molar-refractivity contribution in [2.75, 3.05) is 6.79 Å². The molecule has 0 radical (unpaired) electrons. The van der Waals surface area contributed by atoms with Crippen LogP contribution >= 0.6 is 27.7 Å². The lowest BCUT2D eigenvalue weighted by Crippen LogP contribution is -2.25. The van der Waals surface area contributed by atoms with Gasteiger partial charge in [0.1, 0.15) is 5.52 Å². The Morgan fingerprint density at radius 3 is 2.93 bits per heavy atom. The SMILES string of the molecule is N=c1ncn(CCC(N)C2CC2)c2nc(Sc3cc4c(cc3Br)OCO4)[nH]c12. The third-order valence-corrected chi connectivity index (χ3v) is 6.93. The summed E-state index contributed by atoms with van der Waals surface area (Å²) in [5.41, 5.74) is 7.77. The van der Waals surface area contributed by atoms with Crippen LogP contribution in [0.1, 0.15) is 19.3 Å². The number of aromatic amines is 1. The summed E-state index contributed by atoms with van der Waals surface area (Å²) in [4.78, 5) is 13.1. The highest BCUT2D eigenvalue weighted by Gasteiger charge is 2.28. The minimum atomic E-state index is 0.182. The van der Waals surface area contributed by atoms with Gasteiger partial charge in [-0.25, -0.2) is 9.97 Å². The summed E-state index contributed by atoms with van der Waals surface area (Å²) in [5, 5.41) is 8.81. The van der Waals surface area contributed by atoms with Crippen molar-refractivity contribution >= 4 is 38.9 Å². The zero-order valence-electron chi connectivity index (χ0n) is 14.9. The summed E-state index contributed by atoms with van der Waals surface area (Å²) in [6.45, 7) is 0.974. The maximum atomic E-state index is 8.12.